The van der Waals surface area contributed by atoms with E-state index in [0.717, 1.165) is 36.8 Å². The lowest BCUT2D eigenvalue weighted by molar-refractivity contribution is 0.397. The Hall–Kier alpha value is -1.59. The summed E-state index contributed by atoms with van der Waals surface area (Å²) in [5.74, 6) is 0. The molecule has 0 unspecified atom stereocenters. The van der Waals surface area contributed by atoms with E-state index < -0.39 is 14.2 Å². The van der Waals surface area contributed by atoms with Gasteiger partial charge < -0.3 is 20.1 Å². The maximum absolute atomic E-state index is 9.94. The number of unbranched alkanes of at least 4 members (excludes halogenated alkanes) is 10. The van der Waals surface area contributed by atoms with Crippen LogP contribution in [0.3, 0.4) is 0 Å². The number of benzene rings is 2. The third-order valence-corrected chi connectivity index (χ3v) is 7.92. The summed E-state index contributed by atoms with van der Waals surface area (Å²) in [4.78, 5) is 0. The minimum Gasteiger partial charge on any atom is -0.423 e. The SMILES string of the molecule is CCCCCCCCC1(CCCCCCCC)c2cc(B(O)O)ccc2-c2ccc(B(O)O)cc21. The van der Waals surface area contributed by atoms with E-state index in [-0.39, 0.29) is 5.41 Å². The maximum atomic E-state index is 9.94. The first-order valence-electron chi connectivity index (χ1n) is 14.0. The Morgan fingerprint density at radius 2 is 0.914 bits per heavy atom. The molecule has 0 fully saturated rings. The molecule has 0 saturated carbocycles. The number of hydrogen-bond acceptors (Lipinski definition) is 4. The van der Waals surface area contributed by atoms with E-state index in [0.29, 0.717) is 10.9 Å². The van der Waals surface area contributed by atoms with Crippen LogP contribution in [0, 0.1) is 0 Å². The largest absolute Gasteiger partial charge is 0.488 e. The zero-order chi connectivity index (χ0) is 25.3. The summed E-state index contributed by atoms with van der Waals surface area (Å²) in [7, 11) is -3.00. The van der Waals surface area contributed by atoms with Crippen molar-refractivity contribution in [3.63, 3.8) is 0 Å². The van der Waals surface area contributed by atoms with Crippen LogP contribution in [0.15, 0.2) is 36.4 Å². The molecule has 0 spiro atoms. The molecule has 0 aromatic heterocycles. The third-order valence-electron chi connectivity index (χ3n) is 7.92. The Kier molecular flexibility index (Phi) is 10.9. The molecule has 4 N–H and O–H groups in total. The molecular formula is C29H44B2O4. The highest BCUT2D eigenvalue weighted by atomic mass is 16.4. The molecule has 0 atom stereocenters. The second kappa shape index (κ2) is 13.6. The summed E-state index contributed by atoms with van der Waals surface area (Å²) in [6.07, 6.45) is 16.6. The molecule has 0 aliphatic heterocycles. The Morgan fingerprint density at radius 1 is 0.543 bits per heavy atom. The van der Waals surface area contributed by atoms with Crippen molar-refractivity contribution in [2.24, 2.45) is 0 Å². The van der Waals surface area contributed by atoms with Crippen molar-refractivity contribution in [3.05, 3.63) is 47.5 Å². The van der Waals surface area contributed by atoms with Gasteiger partial charge in [-0.15, -0.1) is 0 Å². The average Bonchev–Trinajstić information content (AvgIpc) is 3.12. The second-order valence-electron chi connectivity index (χ2n) is 10.5. The van der Waals surface area contributed by atoms with E-state index >= 15 is 0 Å². The van der Waals surface area contributed by atoms with Crippen LogP contribution < -0.4 is 10.9 Å². The summed E-state index contributed by atoms with van der Waals surface area (Å²) in [6, 6.07) is 11.6. The molecule has 4 nitrogen and oxygen atoms in total. The lowest BCUT2D eigenvalue weighted by Crippen LogP contribution is -2.34. The monoisotopic (exact) mass is 478 g/mol. The number of fused-ring (bicyclic) bond motifs is 3. The van der Waals surface area contributed by atoms with Crippen molar-refractivity contribution < 1.29 is 20.1 Å². The molecule has 2 aromatic carbocycles. The average molecular weight is 478 g/mol. The molecule has 2 aromatic rings. The molecule has 0 saturated heterocycles. The van der Waals surface area contributed by atoms with Gasteiger partial charge in [0.2, 0.25) is 0 Å². The van der Waals surface area contributed by atoms with Crippen molar-refractivity contribution >= 4 is 25.2 Å². The first kappa shape index (κ1) is 28.0. The summed E-state index contributed by atoms with van der Waals surface area (Å²) in [5.41, 5.74) is 5.43. The van der Waals surface area contributed by atoms with E-state index in [1.165, 1.54) is 75.3 Å². The maximum Gasteiger partial charge on any atom is 0.488 e. The van der Waals surface area contributed by atoms with Crippen LogP contribution in [0.2, 0.25) is 0 Å². The third kappa shape index (κ3) is 6.80. The van der Waals surface area contributed by atoms with Crippen molar-refractivity contribution in [3.8, 4) is 11.1 Å². The number of hydrogen-bond donors (Lipinski definition) is 4. The topological polar surface area (TPSA) is 80.9 Å². The van der Waals surface area contributed by atoms with E-state index in [4.69, 9.17) is 0 Å². The van der Waals surface area contributed by atoms with Crippen LogP contribution in [0.1, 0.15) is 115 Å². The Balaban J connectivity index is 1.97. The summed E-state index contributed by atoms with van der Waals surface area (Å²) < 4.78 is 0. The minimum absolute atomic E-state index is 0.240. The first-order valence-corrected chi connectivity index (χ1v) is 14.0. The van der Waals surface area contributed by atoms with Gasteiger partial charge >= 0.3 is 14.2 Å². The highest BCUT2D eigenvalue weighted by Gasteiger charge is 2.43. The van der Waals surface area contributed by atoms with Gasteiger partial charge in [-0.1, -0.05) is 127 Å². The number of rotatable bonds is 16. The molecule has 0 radical (unpaired) electrons. The fraction of sp³-hybridized carbons (Fsp3) is 0.586. The van der Waals surface area contributed by atoms with Gasteiger partial charge in [0.1, 0.15) is 0 Å². The van der Waals surface area contributed by atoms with Gasteiger partial charge in [0.25, 0.3) is 0 Å². The normalized spacial score (nSPS) is 13.5. The fourth-order valence-corrected chi connectivity index (χ4v) is 5.93. The van der Waals surface area contributed by atoms with Crippen LogP contribution in [0.25, 0.3) is 11.1 Å². The van der Waals surface area contributed by atoms with Gasteiger partial charge in [0.05, 0.1) is 0 Å². The molecule has 0 heterocycles. The van der Waals surface area contributed by atoms with Gasteiger partial charge in [-0.05, 0) is 46.0 Å². The lowest BCUT2D eigenvalue weighted by Gasteiger charge is -2.33. The van der Waals surface area contributed by atoms with Gasteiger partial charge in [-0.3, -0.25) is 0 Å². The fourth-order valence-electron chi connectivity index (χ4n) is 5.93. The molecular weight excluding hydrogens is 434 g/mol. The Labute approximate surface area is 213 Å². The standard InChI is InChI=1S/C29H44B2O4/c1-3-5-7-9-11-13-19-29(20-14-12-10-8-6-4-2)27-21-23(30(32)33)15-17-25(27)26-18-16-24(31(34)35)22-28(26)29/h15-18,21-22,32-35H,3-14,19-20H2,1-2H3. The van der Waals surface area contributed by atoms with Crippen LogP contribution in [-0.4, -0.2) is 34.3 Å². The quantitative estimate of drug-likeness (QED) is 0.206. The zero-order valence-electron chi connectivity index (χ0n) is 21.8. The molecule has 35 heavy (non-hydrogen) atoms. The van der Waals surface area contributed by atoms with Gasteiger partial charge in [0.15, 0.2) is 0 Å². The summed E-state index contributed by atoms with van der Waals surface area (Å²) in [5, 5.41) is 39.8. The molecule has 3 rings (SSSR count). The van der Waals surface area contributed by atoms with Crippen molar-refractivity contribution in [2.45, 2.75) is 109 Å². The predicted octanol–water partition coefficient (Wildman–Crippen LogP) is 4.81. The Bertz CT molecular complexity index is 853. The van der Waals surface area contributed by atoms with Crippen LogP contribution in [0.4, 0.5) is 0 Å². The van der Waals surface area contributed by atoms with E-state index in [9.17, 15) is 20.1 Å². The van der Waals surface area contributed by atoms with Gasteiger partial charge in [0, 0.05) is 5.41 Å². The highest BCUT2D eigenvalue weighted by molar-refractivity contribution is 6.59. The molecule has 190 valence electrons. The first-order chi connectivity index (χ1) is 16.9. The van der Waals surface area contributed by atoms with Crippen molar-refractivity contribution in [2.75, 3.05) is 0 Å². The smallest absolute Gasteiger partial charge is 0.423 e. The second-order valence-corrected chi connectivity index (χ2v) is 10.5. The minimum atomic E-state index is -1.50. The van der Waals surface area contributed by atoms with E-state index in [1.807, 2.05) is 24.3 Å². The van der Waals surface area contributed by atoms with Crippen LogP contribution >= 0.6 is 0 Å². The predicted molar refractivity (Wildman–Crippen MR) is 148 cm³/mol. The summed E-state index contributed by atoms with van der Waals surface area (Å²) >= 11 is 0. The highest BCUT2D eigenvalue weighted by Crippen LogP contribution is 2.53. The Morgan fingerprint density at radius 3 is 1.29 bits per heavy atom. The van der Waals surface area contributed by atoms with E-state index in [1.54, 1.807) is 12.1 Å². The van der Waals surface area contributed by atoms with Crippen molar-refractivity contribution in [1.29, 1.82) is 0 Å². The van der Waals surface area contributed by atoms with Crippen LogP contribution in [0.5, 0.6) is 0 Å². The molecule has 1 aliphatic rings. The molecule has 0 amide bonds. The van der Waals surface area contributed by atoms with Gasteiger partial charge in [-0.2, -0.15) is 0 Å². The summed E-state index contributed by atoms with van der Waals surface area (Å²) in [6.45, 7) is 4.48. The van der Waals surface area contributed by atoms with Crippen molar-refractivity contribution in [1.82, 2.24) is 0 Å². The lowest BCUT2D eigenvalue weighted by atomic mass is 9.67. The zero-order valence-corrected chi connectivity index (χ0v) is 21.8. The molecule has 6 heteroatoms. The molecule has 0 bridgehead atoms. The molecule has 1 aliphatic carbocycles. The van der Waals surface area contributed by atoms with E-state index in [2.05, 4.69) is 13.8 Å². The van der Waals surface area contributed by atoms with Gasteiger partial charge in [-0.25, -0.2) is 0 Å². The van der Waals surface area contributed by atoms with Crippen LogP contribution in [-0.2, 0) is 5.41 Å².